The molecule has 148 valence electrons. The van der Waals surface area contributed by atoms with E-state index >= 15 is 0 Å². The van der Waals surface area contributed by atoms with Gasteiger partial charge in [-0.2, -0.15) is 10.1 Å². The third-order valence-electron chi connectivity index (χ3n) is 6.93. The maximum absolute atomic E-state index is 13.3. The van der Waals surface area contributed by atoms with Gasteiger partial charge in [-0.3, -0.25) is 4.79 Å². The van der Waals surface area contributed by atoms with Gasteiger partial charge in [0.05, 0.1) is 11.1 Å². The Morgan fingerprint density at radius 3 is 2.00 bits per heavy atom. The van der Waals surface area contributed by atoms with E-state index in [4.69, 9.17) is 4.74 Å². The zero-order valence-electron chi connectivity index (χ0n) is 17.4. The minimum atomic E-state index is -1.07. The summed E-state index contributed by atoms with van der Waals surface area (Å²) in [6, 6.07) is 0. The maximum Gasteiger partial charge on any atom is 0.186 e. The second-order valence-corrected chi connectivity index (χ2v) is 10.5. The smallest absolute Gasteiger partial charge is 0.186 e. The Morgan fingerprint density at radius 1 is 0.885 bits per heavy atom. The van der Waals surface area contributed by atoms with Crippen molar-refractivity contribution in [2.75, 3.05) is 0 Å². The zero-order chi connectivity index (χ0) is 19.9. The standard InChI is InChI=1S/C20H34N2O4/c1-16(2)11-14-13(18(5,6)21(16)24)9-10-20(26-14)15(23)12-17(3,4)22(25)19(20,7)8/h24-25H,9-12H2,1-8H3/t20-/m1/s1. The summed E-state index contributed by atoms with van der Waals surface area (Å²) in [5.74, 6) is 0.845. The second kappa shape index (κ2) is 5.31. The third-order valence-corrected chi connectivity index (χ3v) is 6.93. The summed E-state index contributed by atoms with van der Waals surface area (Å²) < 4.78 is 6.52. The summed E-state index contributed by atoms with van der Waals surface area (Å²) >= 11 is 0. The Balaban J connectivity index is 2.08. The molecule has 1 saturated heterocycles. The number of nitrogens with zero attached hydrogens (tertiary/aromatic N) is 2. The summed E-state index contributed by atoms with van der Waals surface area (Å²) in [4.78, 5) is 13.3. The van der Waals surface area contributed by atoms with Crippen LogP contribution in [0.4, 0.5) is 0 Å². The Bertz CT molecular complexity index is 677. The number of Topliss-reactive ketones (excluding diaryl/α,β-unsaturated/α-hetero) is 1. The van der Waals surface area contributed by atoms with E-state index in [1.54, 1.807) is 0 Å². The number of ether oxygens (including phenoxy) is 1. The highest BCUT2D eigenvalue weighted by Crippen LogP contribution is 2.54. The fourth-order valence-corrected chi connectivity index (χ4v) is 5.41. The van der Waals surface area contributed by atoms with Crippen molar-refractivity contribution in [3.8, 4) is 0 Å². The van der Waals surface area contributed by atoms with Crippen molar-refractivity contribution in [1.82, 2.24) is 10.1 Å². The van der Waals surface area contributed by atoms with Crippen LogP contribution >= 0.6 is 0 Å². The highest BCUT2D eigenvalue weighted by Gasteiger charge is 2.65. The van der Waals surface area contributed by atoms with Crippen LogP contribution in [0.3, 0.4) is 0 Å². The highest BCUT2D eigenvalue weighted by molar-refractivity contribution is 5.91. The molecule has 0 aromatic heterocycles. The molecule has 0 unspecified atom stereocenters. The molecule has 26 heavy (non-hydrogen) atoms. The van der Waals surface area contributed by atoms with Gasteiger partial charge >= 0.3 is 0 Å². The quantitative estimate of drug-likeness (QED) is 0.681. The zero-order valence-corrected chi connectivity index (χ0v) is 17.4. The van der Waals surface area contributed by atoms with Crippen molar-refractivity contribution in [1.29, 1.82) is 0 Å². The number of carbonyl (C=O) groups is 1. The van der Waals surface area contributed by atoms with E-state index in [0.717, 1.165) is 11.3 Å². The van der Waals surface area contributed by atoms with E-state index in [2.05, 4.69) is 0 Å². The monoisotopic (exact) mass is 366 g/mol. The molecule has 6 heteroatoms. The first-order chi connectivity index (χ1) is 11.6. The molecule has 0 bridgehead atoms. The lowest BCUT2D eigenvalue weighted by Crippen LogP contribution is -2.75. The van der Waals surface area contributed by atoms with Gasteiger partial charge < -0.3 is 15.2 Å². The van der Waals surface area contributed by atoms with Crippen LogP contribution in [0, 0.1) is 0 Å². The molecule has 1 atom stereocenters. The minimum absolute atomic E-state index is 0.0476. The molecule has 0 aromatic rings. The molecule has 1 spiro atoms. The van der Waals surface area contributed by atoms with Crippen molar-refractivity contribution in [3.05, 3.63) is 11.3 Å². The molecule has 0 saturated carbocycles. The molecule has 0 amide bonds. The molecular formula is C20H34N2O4. The van der Waals surface area contributed by atoms with Crippen LogP contribution in [0.5, 0.6) is 0 Å². The molecule has 3 aliphatic rings. The molecule has 0 aliphatic carbocycles. The van der Waals surface area contributed by atoms with Crippen molar-refractivity contribution >= 4 is 5.78 Å². The molecule has 0 radical (unpaired) electrons. The van der Waals surface area contributed by atoms with Crippen LogP contribution in [0.2, 0.25) is 0 Å². The van der Waals surface area contributed by atoms with E-state index in [9.17, 15) is 15.2 Å². The van der Waals surface area contributed by atoms with Gasteiger partial charge in [-0.25, -0.2) is 0 Å². The van der Waals surface area contributed by atoms with Crippen molar-refractivity contribution in [2.24, 2.45) is 0 Å². The van der Waals surface area contributed by atoms with Gasteiger partial charge in [0, 0.05) is 30.3 Å². The summed E-state index contributed by atoms with van der Waals surface area (Å²) in [7, 11) is 0. The lowest BCUT2D eigenvalue weighted by molar-refractivity contribution is -0.293. The number of hydrogen-bond acceptors (Lipinski definition) is 6. The van der Waals surface area contributed by atoms with Gasteiger partial charge in [0.25, 0.3) is 0 Å². The van der Waals surface area contributed by atoms with Crippen LogP contribution in [0.15, 0.2) is 11.3 Å². The first kappa shape index (κ1) is 19.8. The second-order valence-electron chi connectivity index (χ2n) is 10.5. The number of hydroxylamine groups is 4. The Labute approximate surface area is 156 Å². The Kier molecular flexibility index (Phi) is 4.04. The summed E-state index contributed by atoms with van der Waals surface area (Å²) in [6.07, 6.45) is 1.94. The first-order valence-corrected chi connectivity index (χ1v) is 9.53. The average Bonchev–Trinajstić information content (AvgIpc) is 2.49. The van der Waals surface area contributed by atoms with Crippen LogP contribution < -0.4 is 0 Å². The van der Waals surface area contributed by atoms with Crippen molar-refractivity contribution in [2.45, 2.75) is 109 Å². The predicted molar refractivity (Wildman–Crippen MR) is 97.9 cm³/mol. The van der Waals surface area contributed by atoms with E-state index in [1.807, 2.05) is 55.4 Å². The van der Waals surface area contributed by atoms with Gasteiger partial charge in [-0.05, 0) is 67.4 Å². The Morgan fingerprint density at radius 2 is 1.42 bits per heavy atom. The molecule has 6 nitrogen and oxygen atoms in total. The number of rotatable bonds is 0. The van der Waals surface area contributed by atoms with E-state index in [0.29, 0.717) is 19.3 Å². The summed E-state index contributed by atoms with van der Waals surface area (Å²) in [5, 5.41) is 24.3. The fourth-order valence-electron chi connectivity index (χ4n) is 5.41. The Hall–Kier alpha value is -0.950. The lowest BCUT2D eigenvalue weighted by Gasteiger charge is -2.61. The van der Waals surface area contributed by atoms with Crippen LogP contribution in [0.1, 0.15) is 81.1 Å². The normalized spacial score (nSPS) is 36.0. The van der Waals surface area contributed by atoms with Crippen LogP contribution in [-0.2, 0) is 9.53 Å². The first-order valence-electron chi connectivity index (χ1n) is 9.53. The molecular weight excluding hydrogens is 332 g/mol. The van der Waals surface area contributed by atoms with Gasteiger partial charge in [0.1, 0.15) is 5.76 Å². The summed E-state index contributed by atoms with van der Waals surface area (Å²) in [5.41, 5.74) is -2.56. The topological polar surface area (TPSA) is 73.2 Å². The third kappa shape index (κ3) is 2.35. The molecule has 3 heterocycles. The number of hydrogen-bond donors (Lipinski definition) is 2. The largest absolute Gasteiger partial charge is 0.482 e. The molecule has 3 aliphatic heterocycles. The van der Waals surface area contributed by atoms with Crippen molar-refractivity contribution < 1.29 is 19.9 Å². The lowest BCUT2D eigenvalue weighted by atomic mass is 9.64. The molecule has 3 rings (SSSR count). The number of ketones is 1. The van der Waals surface area contributed by atoms with Crippen molar-refractivity contribution in [3.63, 3.8) is 0 Å². The highest BCUT2D eigenvalue weighted by atomic mass is 16.5. The van der Waals surface area contributed by atoms with E-state index in [-0.39, 0.29) is 12.2 Å². The molecule has 1 fully saturated rings. The van der Waals surface area contributed by atoms with Gasteiger partial charge in [0.2, 0.25) is 0 Å². The SMILES string of the molecule is CC1(C)CC2=C(CC[C@@]3(O2)C(=O)CC(C)(C)N(O)C3(C)C)C(C)(C)N1O. The van der Waals surface area contributed by atoms with Gasteiger partial charge in [-0.15, -0.1) is 0 Å². The van der Waals surface area contributed by atoms with E-state index in [1.165, 1.54) is 10.1 Å². The van der Waals surface area contributed by atoms with Crippen LogP contribution in [0.25, 0.3) is 0 Å². The average molecular weight is 367 g/mol. The fraction of sp³-hybridized carbons (Fsp3) is 0.850. The molecule has 2 N–H and O–H groups in total. The van der Waals surface area contributed by atoms with Crippen LogP contribution in [-0.4, -0.2) is 54.1 Å². The molecule has 0 aromatic carbocycles. The van der Waals surface area contributed by atoms with E-state index < -0.39 is 27.8 Å². The van der Waals surface area contributed by atoms with Gasteiger partial charge in [-0.1, -0.05) is 0 Å². The maximum atomic E-state index is 13.3. The predicted octanol–water partition coefficient (Wildman–Crippen LogP) is 3.66. The van der Waals surface area contributed by atoms with Gasteiger partial charge in [0.15, 0.2) is 11.4 Å². The number of carbonyl (C=O) groups excluding carboxylic acids is 1. The minimum Gasteiger partial charge on any atom is -0.482 e. The summed E-state index contributed by atoms with van der Waals surface area (Å²) in [6.45, 7) is 15.4. The number of piperidine rings is 1.